The number of benzene rings is 2. The second-order valence-corrected chi connectivity index (χ2v) is 9.92. The van der Waals surface area contributed by atoms with Crippen molar-refractivity contribution < 1.29 is 27.5 Å². The highest BCUT2D eigenvalue weighted by atomic mass is 19.4. The van der Waals surface area contributed by atoms with Gasteiger partial charge in [-0.3, -0.25) is 4.79 Å². The van der Waals surface area contributed by atoms with Gasteiger partial charge in [-0.2, -0.15) is 13.2 Å². The molecule has 2 aromatic carbocycles. The normalized spacial score (nSPS) is 20.7. The Balaban J connectivity index is 1.25. The molecule has 198 valence electrons. The highest BCUT2D eigenvalue weighted by molar-refractivity contribution is 5.95. The summed E-state index contributed by atoms with van der Waals surface area (Å²) >= 11 is 0. The zero-order valence-corrected chi connectivity index (χ0v) is 20.5. The van der Waals surface area contributed by atoms with E-state index < -0.39 is 12.1 Å². The molecule has 2 N–H and O–H groups in total. The number of ether oxygens (including phenoxy) is 1. The maximum absolute atomic E-state index is 13.1. The number of rotatable bonds is 3. The van der Waals surface area contributed by atoms with Gasteiger partial charge in [0.2, 0.25) is 0 Å². The summed E-state index contributed by atoms with van der Waals surface area (Å²) in [7, 11) is 0. The van der Waals surface area contributed by atoms with Crippen molar-refractivity contribution in [3.05, 3.63) is 53.6 Å². The summed E-state index contributed by atoms with van der Waals surface area (Å²) in [5, 5.41) is 6.27. The van der Waals surface area contributed by atoms with Crippen molar-refractivity contribution >= 4 is 11.9 Å². The van der Waals surface area contributed by atoms with E-state index in [4.69, 9.17) is 4.74 Å². The fourth-order valence-corrected chi connectivity index (χ4v) is 5.20. The molecule has 3 heterocycles. The summed E-state index contributed by atoms with van der Waals surface area (Å²) in [6.07, 6.45) is -3.42. The predicted octanol–water partition coefficient (Wildman–Crippen LogP) is 4.03. The highest BCUT2D eigenvalue weighted by Gasteiger charge is 2.42. The Kier molecular flexibility index (Phi) is 7.28. The number of halogens is 3. The number of carbonyl (C=O) groups is 2. The molecule has 3 aliphatic rings. The lowest BCUT2D eigenvalue weighted by Gasteiger charge is -2.35. The minimum atomic E-state index is -4.21. The van der Waals surface area contributed by atoms with Crippen LogP contribution in [0, 0.1) is 5.92 Å². The molecule has 0 aliphatic carbocycles. The van der Waals surface area contributed by atoms with Gasteiger partial charge in [-0.05, 0) is 61.2 Å². The number of urea groups is 1. The molecular weight excluding hydrogens is 485 g/mol. The first-order chi connectivity index (χ1) is 17.8. The summed E-state index contributed by atoms with van der Waals surface area (Å²) in [6, 6.07) is 13.1. The van der Waals surface area contributed by atoms with Crippen molar-refractivity contribution in [3.63, 3.8) is 0 Å². The second kappa shape index (κ2) is 10.6. The van der Waals surface area contributed by atoms with Crippen LogP contribution in [-0.4, -0.2) is 73.3 Å². The first-order valence-electron chi connectivity index (χ1n) is 12.8. The first-order valence-corrected chi connectivity index (χ1v) is 12.8. The Morgan fingerprint density at radius 1 is 0.946 bits per heavy atom. The molecule has 7 nitrogen and oxygen atoms in total. The SMILES string of the molecule is O=C(N[C@@H]1CCNC1)c1ccc(-c2ccc3c(c2)CN(C(=O)N2CCC(C(F)(F)F)CC2)CCO3)cc1. The van der Waals surface area contributed by atoms with Gasteiger partial charge in [0.15, 0.2) is 0 Å². The summed E-state index contributed by atoms with van der Waals surface area (Å²) in [5.74, 6) is -0.746. The van der Waals surface area contributed by atoms with Gasteiger partial charge < -0.3 is 25.2 Å². The number of carbonyl (C=O) groups excluding carboxylic acids is 2. The molecule has 2 aromatic rings. The van der Waals surface area contributed by atoms with E-state index in [0.29, 0.717) is 31.0 Å². The molecule has 3 amide bonds. The maximum Gasteiger partial charge on any atom is 0.391 e. The van der Waals surface area contributed by atoms with Gasteiger partial charge in [0, 0.05) is 36.8 Å². The van der Waals surface area contributed by atoms with E-state index in [1.807, 2.05) is 30.3 Å². The number of amides is 3. The number of nitrogens with one attached hydrogen (secondary N) is 2. The van der Waals surface area contributed by atoms with Gasteiger partial charge in [0.25, 0.3) is 5.91 Å². The van der Waals surface area contributed by atoms with E-state index in [1.54, 1.807) is 17.0 Å². The number of hydrogen-bond acceptors (Lipinski definition) is 4. The van der Waals surface area contributed by atoms with Gasteiger partial charge >= 0.3 is 12.2 Å². The monoisotopic (exact) mass is 516 g/mol. The maximum atomic E-state index is 13.1. The molecule has 3 aliphatic heterocycles. The highest BCUT2D eigenvalue weighted by Crippen LogP contribution is 2.35. The summed E-state index contributed by atoms with van der Waals surface area (Å²) in [4.78, 5) is 28.8. The Morgan fingerprint density at radius 3 is 2.35 bits per heavy atom. The Labute approximate surface area is 213 Å². The quantitative estimate of drug-likeness (QED) is 0.646. The Bertz CT molecular complexity index is 1120. The second-order valence-electron chi connectivity index (χ2n) is 9.92. The third kappa shape index (κ3) is 5.84. The Hall–Kier alpha value is -3.27. The molecule has 2 fully saturated rings. The zero-order chi connectivity index (χ0) is 26.0. The molecule has 2 saturated heterocycles. The van der Waals surface area contributed by atoms with Crippen LogP contribution in [0.4, 0.5) is 18.0 Å². The predicted molar refractivity (Wildman–Crippen MR) is 132 cm³/mol. The lowest BCUT2D eigenvalue weighted by molar-refractivity contribution is -0.183. The third-order valence-electron chi connectivity index (χ3n) is 7.42. The van der Waals surface area contributed by atoms with Gasteiger partial charge in [-0.1, -0.05) is 18.2 Å². The van der Waals surface area contributed by atoms with E-state index in [-0.39, 0.29) is 43.9 Å². The van der Waals surface area contributed by atoms with E-state index in [9.17, 15) is 22.8 Å². The number of likely N-dealkylation sites (tertiary alicyclic amines) is 1. The van der Waals surface area contributed by atoms with E-state index >= 15 is 0 Å². The lowest BCUT2D eigenvalue weighted by atomic mass is 9.96. The van der Waals surface area contributed by atoms with Crippen molar-refractivity contribution in [3.8, 4) is 16.9 Å². The largest absolute Gasteiger partial charge is 0.491 e. The van der Waals surface area contributed by atoms with E-state index in [2.05, 4.69) is 10.6 Å². The van der Waals surface area contributed by atoms with Gasteiger partial charge in [-0.25, -0.2) is 4.79 Å². The average Bonchev–Trinajstić information content (AvgIpc) is 3.31. The molecule has 0 unspecified atom stereocenters. The summed E-state index contributed by atoms with van der Waals surface area (Å²) in [5.41, 5.74) is 3.29. The first kappa shape index (κ1) is 25.4. The standard InChI is InChI=1S/C27H31F3N4O3/c28-27(29,30)22-8-11-33(12-9-22)26(36)34-13-14-37-24-6-5-20(15-21(24)17-34)18-1-3-19(4-2-18)25(35)32-23-7-10-31-16-23/h1-6,15,22-23,31H,7-14,16-17H2,(H,32,35)/t23-/m1/s1. The van der Waals surface area contributed by atoms with Gasteiger partial charge in [-0.15, -0.1) is 0 Å². The molecule has 0 saturated carbocycles. The fourth-order valence-electron chi connectivity index (χ4n) is 5.20. The molecule has 0 aromatic heterocycles. The van der Waals surface area contributed by atoms with E-state index in [0.717, 1.165) is 36.2 Å². The average molecular weight is 517 g/mol. The third-order valence-corrected chi connectivity index (χ3v) is 7.42. The number of alkyl halides is 3. The van der Waals surface area contributed by atoms with Crippen LogP contribution in [0.5, 0.6) is 5.75 Å². The molecule has 10 heteroatoms. The van der Waals surface area contributed by atoms with Crippen LogP contribution in [0.2, 0.25) is 0 Å². The molecule has 37 heavy (non-hydrogen) atoms. The Morgan fingerprint density at radius 2 is 1.68 bits per heavy atom. The van der Waals surface area contributed by atoms with Crippen molar-refractivity contribution in [1.82, 2.24) is 20.4 Å². The van der Waals surface area contributed by atoms with Crippen LogP contribution in [-0.2, 0) is 6.54 Å². The van der Waals surface area contributed by atoms with Crippen molar-refractivity contribution in [2.75, 3.05) is 39.3 Å². The lowest BCUT2D eigenvalue weighted by Crippen LogP contribution is -2.48. The van der Waals surface area contributed by atoms with E-state index in [1.165, 1.54) is 4.90 Å². The molecule has 0 spiro atoms. The number of piperidine rings is 1. The van der Waals surface area contributed by atoms with Crippen LogP contribution in [0.25, 0.3) is 11.1 Å². The zero-order valence-electron chi connectivity index (χ0n) is 20.5. The number of nitrogens with zero attached hydrogens (tertiary/aromatic N) is 2. The van der Waals surface area contributed by atoms with Crippen LogP contribution in [0.1, 0.15) is 35.2 Å². The van der Waals surface area contributed by atoms with Crippen LogP contribution < -0.4 is 15.4 Å². The van der Waals surface area contributed by atoms with Crippen LogP contribution >= 0.6 is 0 Å². The molecule has 5 rings (SSSR count). The fraction of sp³-hybridized carbons (Fsp3) is 0.481. The minimum absolute atomic E-state index is 0.0636. The van der Waals surface area contributed by atoms with Crippen molar-refractivity contribution in [1.29, 1.82) is 0 Å². The number of fused-ring (bicyclic) bond motifs is 1. The summed E-state index contributed by atoms with van der Waals surface area (Å²) < 4.78 is 44.9. The molecule has 0 radical (unpaired) electrons. The van der Waals surface area contributed by atoms with Crippen LogP contribution in [0.15, 0.2) is 42.5 Å². The van der Waals surface area contributed by atoms with Crippen molar-refractivity contribution in [2.45, 2.75) is 38.0 Å². The molecule has 0 bridgehead atoms. The van der Waals surface area contributed by atoms with Gasteiger partial charge in [0.1, 0.15) is 12.4 Å². The topological polar surface area (TPSA) is 73.9 Å². The van der Waals surface area contributed by atoms with Gasteiger partial charge in [0.05, 0.1) is 19.0 Å². The van der Waals surface area contributed by atoms with Crippen LogP contribution in [0.3, 0.4) is 0 Å². The minimum Gasteiger partial charge on any atom is -0.491 e. The summed E-state index contributed by atoms with van der Waals surface area (Å²) in [6.45, 7) is 2.89. The molecular formula is C27H31F3N4O3. The molecule has 1 atom stereocenters. The smallest absolute Gasteiger partial charge is 0.391 e. The number of hydrogen-bond donors (Lipinski definition) is 2. The van der Waals surface area contributed by atoms with Crippen molar-refractivity contribution in [2.24, 2.45) is 5.92 Å².